The quantitative estimate of drug-likeness (QED) is 0.858. The van der Waals surface area contributed by atoms with E-state index in [4.69, 9.17) is 0 Å². The van der Waals surface area contributed by atoms with Gasteiger partial charge in [0.05, 0.1) is 6.42 Å². The van der Waals surface area contributed by atoms with Crippen molar-refractivity contribution in [2.24, 2.45) is 0 Å². The molecule has 1 aromatic carbocycles. The van der Waals surface area contributed by atoms with E-state index in [0.717, 1.165) is 49.9 Å². The molecular weight excluding hydrogens is 326 g/mol. The standard InChI is InChI=1S/C18H20F2N4O/c19-14-4-3-13(15(20)11-14)10-17(25)23-8-5-12(6-9-23)18-22-21-16-2-1-7-24(16)18/h3-4,11-12H,1-2,5-10H2. The average molecular weight is 346 g/mol. The van der Waals surface area contributed by atoms with E-state index < -0.39 is 11.6 Å². The maximum atomic E-state index is 13.7. The van der Waals surface area contributed by atoms with E-state index >= 15 is 0 Å². The first-order valence-corrected chi connectivity index (χ1v) is 8.75. The number of carbonyl (C=O) groups excluding carboxylic acids is 1. The first-order valence-electron chi connectivity index (χ1n) is 8.75. The largest absolute Gasteiger partial charge is 0.342 e. The summed E-state index contributed by atoms with van der Waals surface area (Å²) in [4.78, 5) is 14.2. The summed E-state index contributed by atoms with van der Waals surface area (Å²) in [6.07, 6.45) is 3.77. The van der Waals surface area contributed by atoms with Crippen LogP contribution in [0.2, 0.25) is 0 Å². The second-order valence-electron chi connectivity index (χ2n) is 6.80. The number of aromatic nitrogens is 3. The lowest BCUT2D eigenvalue weighted by molar-refractivity contribution is -0.131. The number of piperidine rings is 1. The van der Waals surface area contributed by atoms with Crippen LogP contribution < -0.4 is 0 Å². The predicted octanol–water partition coefficient (Wildman–Crippen LogP) is 2.45. The first kappa shape index (κ1) is 16.2. The summed E-state index contributed by atoms with van der Waals surface area (Å²) in [5, 5.41) is 8.60. The van der Waals surface area contributed by atoms with Crippen molar-refractivity contribution in [1.29, 1.82) is 0 Å². The van der Waals surface area contributed by atoms with Gasteiger partial charge in [0.15, 0.2) is 0 Å². The number of benzene rings is 1. The number of carbonyl (C=O) groups is 1. The highest BCUT2D eigenvalue weighted by Crippen LogP contribution is 2.29. The average Bonchev–Trinajstić information content (AvgIpc) is 3.21. The van der Waals surface area contributed by atoms with E-state index in [1.165, 1.54) is 12.1 Å². The molecule has 1 amide bonds. The molecule has 1 fully saturated rings. The number of aryl methyl sites for hydroxylation is 1. The summed E-state index contributed by atoms with van der Waals surface area (Å²) in [5.74, 6) is 1.03. The van der Waals surface area contributed by atoms with Gasteiger partial charge < -0.3 is 9.47 Å². The topological polar surface area (TPSA) is 51.0 Å². The fourth-order valence-electron chi connectivity index (χ4n) is 3.80. The van der Waals surface area contributed by atoms with Gasteiger partial charge in [0.25, 0.3) is 0 Å². The summed E-state index contributed by atoms with van der Waals surface area (Å²) in [7, 11) is 0. The Balaban J connectivity index is 1.37. The van der Waals surface area contributed by atoms with Crippen molar-refractivity contribution in [3.8, 4) is 0 Å². The number of likely N-dealkylation sites (tertiary alicyclic amines) is 1. The number of rotatable bonds is 3. The minimum Gasteiger partial charge on any atom is -0.342 e. The van der Waals surface area contributed by atoms with E-state index in [1.54, 1.807) is 4.90 Å². The van der Waals surface area contributed by atoms with Crippen molar-refractivity contribution in [1.82, 2.24) is 19.7 Å². The highest BCUT2D eigenvalue weighted by Gasteiger charge is 2.29. The maximum Gasteiger partial charge on any atom is 0.227 e. The lowest BCUT2D eigenvalue weighted by atomic mass is 9.95. The number of hydrogen-bond acceptors (Lipinski definition) is 3. The molecule has 132 valence electrons. The van der Waals surface area contributed by atoms with Gasteiger partial charge in [0, 0.05) is 38.0 Å². The summed E-state index contributed by atoms with van der Waals surface area (Å²) in [5.41, 5.74) is 0.240. The number of halogens is 2. The molecule has 4 rings (SSSR count). The third-order valence-electron chi connectivity index (χ3n) is 5.21. The summed E-state index contributed by atoms with van der Waals surface area (Å²) >= 11 is 0. The third kappa shape index (κ3) is 3.15. The molecule has 1 saturated heterocycles. The van der Waals surface area contributed by atoms with E-state index in [9.17, 15) is 13.6 Å². The van der Waals surface area contributed by atoms with Crippen molar-refractivity contribution in [3.63, 3.8) is 0 Å². The Labute approximate surface area is 144 Å². The number of fused-ring (bicyclic) bond motifs is 1. The SMILES string of the molecule is O=C(Cc1ccc(F)cc1F)N1CCC(c2nnc3n2CCC3)CC1. The Morgan fingerprint density at radius 3 is 2.72 bits per heavy atom. The normalized spacial score (nSPS) is 17.8. The van der Waals surface area contributed by atoms with Crippen LogP contribution in [-0.4, -0.2) is 38.7 Å². The molecule has 0 N–H and O–H groups in total. The van der Waals surface area contributed by atoms with Gasteiger partial charge >= 0.3 is 0 Å². The molecule has 3 heterocycles. The smallest absolute Gasteiger partial charge is 0.227 e. The zero-order valence-electron chi connectivity index (χ0n) is 13.9. The van der Waals surface area contributed by atoms with Crippen molar-refractivity contribution in [2.75, 3.05) is 13.1 Å². The summed E-state index contributed by atoms with van der Waals surface area (Å²) < 4.78 is 28.9. The fraction of sp³-hybridized carbons (Fsp3) is 0.500. The van der Waals surface area contributed by atoms with Crippen LogP contribution in [0.15, 0.2) is 18.2 Å². The van der Waals surface area contributed by atoms with Gasteiger partial charge in [-0.3, -0.25) is 4.79 Å². The van der Waals surface area contributed by atoms with Crippen molar-refractivity contribution in [3.05, 3.63) is 47.0 Å². The number of hydrogen-bond donors (Lipinski definition) is 0. The molecule has 2 aliphatic rings. The molecule has 2 aliphatic heterocycles. The van der Waals surface area contributed by atoms with Crippen LogP contribution in [0.1, 0.15) is 42.4 Å². The van der Waals surface area contributed by atoms with Crippen molar-refractivity contribution < 1.29 is 13.6 Å². The van der Waals surface area contributed by atoms with Gasteiger partial charge in [-0.1, -0.05) is 6.07 Å². The number of nitrogens with zero attached hydrogens (tertiary/aromatic N) is 4. The Bertz CT molecular complexity index is 796. The molecule has 0 saturated carbocycles. The molecule has 5 nitrogen and oxygen atoms in total. The fourth-order valence-corrected chi connectivity index (χ4v) is 3.80. The van der Waals surface area contributed by atoms with Crippen LogP contribution in [0.5, 0.6) is 0 Å². The molecule has 2 aromatic rings. The van der Waals surface area contributed by atoms with Gasteiger partial charge in [0.1, 0.15) is 23.3 Å². The van der Waals surface area contributed by atoms with Crippen LogP contribution in [0.25, 0.3) is 0 Å². The molecule has 0 unspecified atom stereocenters. The van der Waals surface area contributed by atoms with Crippen LogP contribution >= 0.6 is 0 Å². The second kappa shape index (κ2) is 6.54. The monoisotopic (exact) mass is 346 g/mol. The van der Waals surface area contributed by atoms with Gasteiger partial charge in [-0.25, -0.2) is 8.78 Å². The van der Waals surface area contributed by atoms with Crippen molar-refractivity contribution in [2.45, 2.75) is 44.6 Å². The second-order valence-corrected chi connectivity index (χ2v) is 6.80. The highest BCUT2D eigenvalue weighted by molar-refractivity contribution is 5.79. The summed E-state index contributed by atoms with van der Waals surface area (Å²) in [6.45, 7) is 2.25. The Morgan fingerprint density at radius 1 is 1.16 bits per heavy atom. The van der Waals surface area contributed by atoms with Crippen molar-refractivity contribution >= 4 is 5.91 Å². The zero-order valence-corrected chi connectivity index (χ0v) is 13.9. The number of amides is 1. The van der Waals surface area contributed by atoms with Crippen LogP contribution in [0, 0.1) is 11.6 Å². The minimum absolute atomic E-state index is 0.0306. The molecule has 0 aliphatic carbocycles. The highest BCUT2D eigenvalue weighted by atomic mass is 19.1. The molecule has 0 spiro atoms. The molecule has 0 radical (unpaired) electrons. The lowest BCUT2D eigenvalue weighted by Gasteiger charge is -2.31. The van der Waals surface area contributed by atoms with Crippen LogP contribution in [0.4, 0.5) is 8.78 Å². The van der Waals surface area contributed by atoms with E-state index in [-0.39, 0.29) is 17.9 Å². The summed E-state index contributed by atoms with van der Waals surface area (Å²) in [6, 6.07) is 3.35. The Morgan fingerprint density at radius 2 is 1.96 bits per heavy atom. The predicted molar refractivity (Wildman–Crippen MR) is 87.0 cm³/mol. The zero-order chi connectivity index (χ0) is 17.4. The van der Waals surface area contributed by atoms with Gasteiger partial charge in [-0.15, -0.1) is 10.2 Å². The minimum atomic E-state index is -0.665. The van der Waals surface area contributed by atoms with E-state index in [2.05, 4.69) is 14.8 Å². The van der Waals surface area contributed by atoms with Crippen LogP contribution in [0.3, 0.4) is 0 Å². The molecule has 0 bridgehead atoms. The van der Waals surface area contributed by atoms with Gasteiger partial charge in [-0.05, 0) is 30.9 Å². The lowest BCUT2D eigenvalue weighted by Crippen LogP contribution is -2.39. The molecular formula is C18H20F2N4O. The molecule has 1 aromatic heterocycles. The van der Waals surface area contributed by atoms with E-state index in [1.807, 2.05) is 0 Å². The van der Waals surface area contributed by atoms with Gasteiger partial charge in [-0.2, -0.15) is 0 Å². The first-order chi connectivity index (χ1) is 12.1. The van der Waals surface area contributed by atoms with E-state index in [0.29, 0.717) is 19.0 Å². The van der Waals surface area contributed by atoms with Crippen LogP contribution in [-0.2, 0) is 24.2 Å². The molecule has 0 atom stereocenters. The Hall–Kier alpha value is -2.31. The molecule has 7 heteroatoms. The molecule has 25 heavy (non-hydrogen) atoms. The maximum absolute atomic E-state index is 13.7. The third-order valence-corrected chi connectivity index (χ3v) is 5.21. The van der Waals surface area contributed by atoms with Gasteiger partial charge in [0.2, 0.25) is 5.91 Å². The Kier molecular flexibility index (Phi) is 4.23.